The number of ketones is 1. The minimum Gasteiger partial charge on any atom is -0.388 e. The summed E-state index contributed by atoms with van der Waals surface area (Å²) in [4.78, 5) is 14.1. The van der Waals surface area contributed by atoms with Gasteiger partial charge in [-0.2, -0.15) is 18.4 Å². The molecule has 6 nitrogen and oxygen atoms in total. The molecule has 0 saturated heterocycles. The number of nitrogens with one attached hydrogen (secondary N) is 1. The number of hydrazone groups is 1. The van der Waals surface area contributed by atoms with Crippen LogP contribution in [0.2, 0.25) is 0 Å². The zero-order chi connectivity index (χ0) is 18.0. The van der Waals surface area contributed by atoms with Gasteiger partial charge in [-0.1, -0.05) is 29.8 Å². The number of rotatable bonds is 5. The van der Waals surface area contributed by atoms with Crippen LogP contribution in [0.3, 0.4) is 0 Å². The SMILES string of the molecule is Cc1ccc(S(=O)(=O)N/N=C2/CCc3ccc(C(=O)CO)cc32)cc1. The predicted molar refractivity (Wildman–Crippen MR) is 94.2 cm³/mol. The summed E-state index contributed by atoms with van der Waals surface area (Å²) in [6.45, 7) is 1.32. The Morgan fingerprint density at radius 1 is 1.16 bits per heavy atom. The molecule has 0 amide bonds. The van der Waals surface area contributed by atoms with Gasteiger partial charge in [0.15, 0.2) is 5.78 Å². The van der Waals surface area contributed by atoms with Crippen LogP contribution in [0.25, 0.3) is 0 Å². The Hall–Kier alpha value is -2.51. The number of aliphatic hydroxyl groups is 1. The minimum atomic E-state index is -3.74. The number of sulfonamides is 1. The predicted octanol–water partition coefficient (Wildman–Crippen LogP) is 1.80. The van der Waals surface area contributed by atoms with Gasteiger partial charge >= 0.3 is 0 Å². The van der Waals surface area contributed by atoms with E-state index >= 15 is 0 Å². The van der Waals surface area contributed by atoms with Gasteiger partial charge in [0.25, 0.3) is 10.0 Å². The van der Waals surface area contributed by atoms with Gasteiger partial charge in [-0.15, -0.1) is 0 Å². The Kier molecular flexibility index (Phi) is 4.69. The highest BCUT2D eigenvalue weighted by atomic mass is 32.2. The molecule has 0 atom stereocenters. The third kappa shape index (κ3) is 3.62. The Balaban J connectivity index is 1.87. The summed E-state index contributed by atoms with van der Waals surface area (Å²) < 4.78 is 24.7. The van der Waals surface area contributed by atoms with Crippen molar-refractivity contribution in [3.63, 3.8) is 0 Å². The molecule has 130 valence electrons. The Labute approximate surface area is 146 Å². The lowest BCUT2D eigenvalue weighted by atomic mass is 10.0. The summed E-state index contributed by atoms with van der Waals surface area (Å²) in [6, 6.07) is 11.6. The van der Waals surface area contributed by atoms with Crippen LogP contribution in [-0.2, 0) is 16.4 Å². The lowest BCUT2D eigenvalue weighted by molar-refractivity contribution is 0.0903. The van der Waals surface area contributed by atoms with E-state index in [9.17, 15) is 13.2 Å². The van der Waals surface area contributed by atoms with Crippen LogP contribution in [0.15, 0.2) is 52.5 Å². The molecule has 7 heteroatoms. The highest BCUT2D eigenvalue weighted by molar-refractivity contribution is 7.89. The smallest absolute Gasteiger partial charge is 0.276 e. The molecule has 0 radical (unpaired) electrons. The summed E-state index contributed by atoms with van der Waals surface area (Å²) in [5.41, 5.74) is 3.68. The Morgan fingerprint density at radius 2 is 1.88 bits per heavy atom. The maximum Gasteiger partial charge on any atom is 0.276 e. The number of hydrogen-bond donors (Lipinski definition) is 2. The average molecular weight is 358 g/mol. The summed E-state index contributed by atoms with van der Waals surface area (Å²) in [7, 11) is -3.74. The van der Waals surface area contributed by atoms with Gasteiger partial charge < -0.3 is 5.11 Å². The molecular weight excluding hydrogens is 340 g/mol. The normalized spacial score (nSPS) is 15.2. The first-order chi connectivity index (χ1) is 11.9. The van der Waals surface area contributed by atoms with Crippen LogP contribution in [0, 0.1) is 6.92 Å². The highest BCUT2D eigenvalue weighted by Gasteiger charge is 2.21. The largest absolute Gasteiger partial charge is 0.388 e. The number of aryl methyl sites for hydroxylation is 2. The maximum atomic E-state index is 12.3. The molecule has 0 bridgehead atoms. The van der Waals surface area contributed by atoms with Crippen molar-refractivity contribution in [2.45, 2.75) is 24.7 Å². The molecule has 0 aromatic heterocycles. The molecule has 0 fully saturated rings. The molecular formula is C18H18N2O4S. The van der Waals surface area contributed by atoms with Crippen molar-refractivity contribution in [2.24, 2.45) is 5.10 Å². The molecule has 0 heterocycles. The van der Waals surface area contributed by atoms with Crippen molar-refractivity contribution in [1.29, 1.82) is 0 Å². The molecule has 0 unspecified atom stereocenters. The van der Waals surface area contributed by atoms with E-state index in [-0.39, 0.29) is 10.7 Å². The standard InChI is InChI=1S/C18H18N2O4S/c1-12-2-7-15(8-3-12)25(23,24)20-19-17-9-6-13-4-5-14(10-16(13)17)18(22)11-21/h2-5,7-8,10,20-21H,6,9,11H2,1H3/b19-17-. The maximum absolute atomic E-state index is 12.3. The van der Waals surface area contributed by atoms with E-state index in [2.05, 4.69) is 9.93 Å². The van der Waals surface area contributed by atoms with E-state index in [1.54, 1.807) is 24.3 Å². The summed E-state index contributed by atoms with van der Waals surface area (Å²) in [6.07, 6.45) is 1.32. The van der Waals surface area contributed by atoms with Gasteiger partial charge in [0.1, 0.15) is 6.61 Å². The highest BCUT2D eigenvalue weighted by Crippen LogP contribution is 2.24. The third-order valence-corrected chi connectivity index (χ3v) is 5.37. The monoisotopic (exact) mass is 358 g/mol. The number of fused-ring (bicyclic) bond motifs is 1. The molecule has 1 aliphatic rings. The molecule has 3 rings (SSSR count). The van der Waals surface area contributed by atoms with Gasteiger partial charge in [0.05, 0.1) is 10.6 Å². The second kappa shape index (κ2) is 6.78. The Bertz CT molecular complexity index is 948. The first kappa shape index (κ1) is 17.3. The van der Waals surface area contributed by atoms with Crippen molar-refractivity contribution < 1.29 is 18.3 Å². The fourth-order valence-corrected chi connectivity index (χ4v) is 3.55. The number of aliphatic hydroxyl groups excluding tert-OH is 1. The lowest BCUT2D eigenvalue weighted by Crippen LogP contribution is -2.20. The van der Waals surface area contributed by atoms with Gasteiger partial charge in [-0.3, -0.25) is 4.79 Å². The molecule has 0 aliphatic heterocycles. The lowest BCUT2D eigenvalue weighted by Gasteiger charge is -2.06. The van der Waals surface area contributed by atoms with E-state index in [1.165, 1.54) is 12.1 Å². The molecule has 2 aromatic carbocycles. The third-order valence-electron chi connectivity index (χ3n) is 4.15. The zero-order valence-electron chi connectivity index (χ0n) is 13.7. The molecule has 25 heavy (non-hydrogen) atoms. The van der Waals surface area contributed by atoms with Crippen LogP contribution in [0.5, 0.6) is 0 Å². The number of carbonyl (C=O) groups excluding carboxylic acids is 1. The topological polar surface area (TPSA) is 95.8 Å². The van der Waals surface area contributed by atoms with Gasteiger partial charge in [0, 0.05) is 11.1 Å². The quantitative estimate of drug-likeness (QED) is 0.629. The van der Waals surface area contributed by atoms with E-state index < -0.39 is 16.6 Å². The first-order valence-corrected chi connectivity index (χ1v) is 9.31. The van der Waals surface area contributed by atoms with Crippen LogP contribution in [0.4, 0.5) is 0 Å². The molecule has 2 aromatic rings. The van der Waals surface area contributed by atoms with E-state index in [1.807, 2.05) is 13.0 Å². The van der Waals surface area contributed by atoms with Crippen molar-refractivity contribution in [3.05, 3.63) is 64.7 Å². The molecule has 0 spiro atoms. The number of nitrogens with zero attached hydrogens (tertiary/aromatic N) is 1. The van der Waals surface area contributed by atoms with E-state index in [0.29, 0.717) is 17.7 Å². The molecule has 2 N–H and O–H groups in total. The van der Waals surface area contributed by atoms with Crippen LogP contribution in [0.1, 0.15) is 33.5 Å². The first-order valence-electron chi connectivity index (χ1n) is 7.83. The fraction of sp³-hybridized carbons (Fsp3) is 0.222. The van der Waals surface area contributed by atoms with E-state index in [0.717, 1.165) is 23.1 Å². The Morgan fingerprint density at radius 3 is 2.56 bits per heavy atom. The van der Waals surface area contributed by atoms with Crippen LogP contribution >= 0.6 is 0 Å². The second-order valence-electron chi connectivity index (χ2n) is 5.92. The number of carbonyl (C=O) groups is 1. The fourth-order valence-electron chi connectivity index (χ4n) is 2.72. The summed E-state index contributed by atoms with van der Waals surface area (Å²) in [5, 5.41) is 13.1. The van der Waals surface area contributed by atoms with Crippen LogP contribution < -0.4 is 4.83 Å². The van der Waals surface area contributed by atoms with Crippen molar-refractivity contribution >= 4 is 21.5 Å². The van der Waals surface area contributed by atoms with Gasteiger partial charge in [-0.25, -0.2) is 0 Å². The summed E-state index contributed by atoms with van der Waals surface area (Å²) >= 11 is 0. The summed E-state index contributed by atoms with van der Waals surface area (Å²) in [5.74, 6) is -0.380. The minimum absolute atomic E-state index is 0.143. The average Bonchev–Trinajstić information content (AvgIpc) is 3.02. The van der Waals surface area contributed by atoms with Crippen molar-refractivity contribution in [2.75, 3.05) is 6.61 Å². The van der Waals surface area contributed by atoms with Crippen LogP contribution in [-0.4, -0.2) is 31.6 Å². The van der Waals surface area contributed by atoms with Crippen molar-refractivity contribution in [1.82, 2.24) is 4.83 Å². The number of Topliss-reactive ketones (excluding diaryl/α,β-unsaturated/α-hetero) is 1. The van der Waals surface area contributed by atoms with Crippen molar-refractivity contribution in [3.8, 4) is 0 Å². The molecule has 1 aliphatic carbocycles. The van der Waals surface area contributed by atoms with Gasteiger partial charge in [-0.05, 0) is 43.5 Å². The van der Waals surface area contributed by atoms with Gasteiger partial charge in [0.2, 0.25) is 0 Å². The number of benzene rings is 2. The van der Waals surface area contributed by atoms with E-state index in [4.69, 9.17) is 5.11 Å². The molecule has 0 saturated carbocycles. The second-order valence-corrected chi connectivity index (χ2v) is 7.58. The number of hydrogen-bond acceptors (Lipinski definition) is 5. The zero-order valence-corrected chi connectivity index (χ0v) is 14.5.